The van der Waals surface area contributed by atoms with Crippen LogP contribution in [0.5, 0.6) is 0 Å². The van der Waals surface area contributed by atoms with Crippen LogP contribution in [0.1, 0.15) is 93.4 Å². The lowest BCUT2D eigenvalue weighted by atomic mass is 9.50. The molecule has 0 aromatic heterocycles. The summed E-state index contributed by atoms with van der Waals surface area (Å²) < 4.78 is 5.76. The zero-order valence-corrected chi connectivity index (χ0v) is 22.8. The maximum absolute atomic E-state index is 12.1. The van der Waals surface area contributed by atoms with E-state index in [1.165, 1.54) is 31.3 Å². The summed E-state index contributed by atoms with van der Waals surface area (Å²) >= 11 is 0. The van der Waals surface area contributed by atoms with Crippen LogP contribution in [0.3, 0.4) is 0 Å². The van der Waals surface area contributed by atoms with E-state index < -0.39 is 0 Å². The van der Waals surface area contributed by atoms with E-state index in [0.29, 0.717) is 34.7 Å². The average molecular weight is 465 g/mol. The summed E-state index contributed by atoms with van der Waals surface area (Å²) in [4.78, 5) is 12.1. The van der Waals surface area contributed by atoms with Gasteiger partial charge in [0.05, 0.1) is 0 Å². The molecule has 188 valence electrons. The number of esters is 1. The number of allylic oxidation sites excluding steroid dienone is 5. The Morgan fingerprint density at radius 2 is 1.76 bits per heavy atom. The first-order valence-electron chi connectivity index (χ1n) is 13.9. The Hall–Kier alpha value is -1.57. The van der Waals surface area contributed by atoms with E-state index in [1.54, 1.807) is 12.5 Å². The maximum Gasteiger partial charge on any atom is 0.333 e. The minimum atomic E-state index is -0.238. The molecular formula is C32H48O2. The molecule has 2 nitrogen and oxygen atoms in total. The fraction of sp³-hybridized carbons (Fsp3) is 0.719. The molecule has 8 atom stereocenters. The SMILES string of the molecule is C=C(C)C(=O)O[C@H]1CC[C@@]2(C)C(=CC=C3[C@@H]4CC[C@H]([C@H](C)/C=C/[C@H](C)C(C)C)[C@@]4(C)CC[C@@H]32)C1. The molecule has 34 heavy (non-hydrogen) atoms. The lowest BCUT2D eigenvalue weighted by Gasteiger charge is -2.55. The first kappa shape index (κ1) is 25.5. The Kier molecular flexibility index (Phi) is 7.11. The van der Waals surface area contributed by atoms with Crippen molar-refractivity contribution in [3.63, 3.8) is 0 Å². The van der Waals surface area contributed by atoms with Crippen LogP contribution in [-0.4, -0.2) is 12.1 Å². The molecule has 0 heterocycles. The summed E-state index contributed by atoms with van der Waals surface area (Å²) in [6.07, 6.45) is 18.3. The van der Waals surface area contributed by atoms with Crippen molar-refractivity contribution in [2.24, 2.45) is 46.3 Å². The van der Waals surface area contributed by atoms with Crippen molar-refractivity contribution in [1.82, 2.24) is 0 Å². The van der Waals surface area contributed by atoms with E-state index in [0.717, 1.165) is 31.1 Å². The van der Waals surface area contributed by atoms with Crippen LogP contribution in [0.4, 0.5) is 0 Å². The molecule has 0 amide bonds. The van der Waals surface area contributed by atoms with Gasteiger partial charge in [-0.2, -0.15) is 0 Å². The van der Waals surface area contributed by atoms with Crippen LogP contribution in [0.15, 0.2) is 47.6 Å². The molecule has 0 unspecified atom stereocenters. The second-order valence-corrected chi connectivity index (χ2v) is 13.0. The third kappa shape index (κ3) is 4.40. The van der Waals surface area contributed by atoms with Crippen LogP contribution in [-0.2, 0) is 9.53 Å². The molecule has 0 aliphatic heterocycles. The third-order valence-corrected chi connectivity index (χ3v) is 10.6. The monoisotopic (exact) mass is 464 g/mol. The highest BCUT2D eigenvalue weighted by Crippen LogP contribution is 2.66. The minimum Gasteiger partial charge on any atom is -0.459 e. The zero-order chi connectivity index (χ0) is 24.8. The van der Waals surface area contributed by atoms with Crippen molar-refractivity contribution >= 4 is 5.97 Å². The van der Waals surface area contributed by atoms with Gasteiger partial charge in [-0.15, -0.1) is 0 Å². The molecule has 0 aromatic carbocycles. The van der Waals surface area contributed by atoms with Crippen molar-refractivity contribution in [2.75, 3.05) is 0 Å². The van der Waals surface area contributed by atoms with Crippen molar-refractivity contribution < 1.29 is 9.53 Å². The van der Waals surface area contributed by atoms with Crippen LogP contribution < -0.4 is 0 Å². The second kappa shape index (κ2) is 9.47. The van der Waals surface area contributed by atoms with Crippen LogP contribution >= 0.6 is 0 Å². The molecule has 0 radical (unpaired) electrons. The number of rotatable bonds is 6. The molecular weight excluding hydrogens is 416 g/mol. The molecule has 0 spiro atoms. The summed E-state index contributed by atoms with van der Waals surface area (Å²) in [5.74, 6) is 3.94. The quantitative estimate of drug-likeness (QED) is 0.224. The van der Waals surface area contributed by atoms with E-state index in [9.17, 15) is 4.79 Å². The average Bonchev–Trinajstić information content (AvgIpc) is 3.14. The molecule has 4 aliphatic rings. The van der Waals surface area contributed by atoms with Gasteiger partial charge in [-0.05, 0) is 91.8 Å². The van der Waals surface area contributed by atoms with Gasteiger partial charge in [0.1, 0.15) is 6.10 Å². The summed E-state index contributed by atoms with van der Waals surface area (Å²) in [7, 11) is 0. The van der Waals surface area contributed by atoms with E-state index in [-0.39, 0.29) is 17.5 Å². The van der Waals surface area contributed by atoms with Gasteiger partial charge in [0.2, 0.25) is 0 Å². The van der Waals surface area contributed by atoms with Gasteiger partial charge < -0.3 is 4.74 Å². The van der Waals surface area contributed by atoms with Crippen molar-refractivity contribution in [3.8, 4) is 0 Å². The highest BCUT2D eigenvalue weighted by Gasteiger charge is 2.57. The fourth-order valence-electron chi connectivity index (χ4n) is 7.93. The molecule has 0 bridgehead atoms. The van der Waals surface area contributed by atoms with E-state index in [2.05, 4.69) is 72.4 Å². The van der Waals surface area contributed by atoms with Gasteiger partial charge >= 0.3 is 5.97 Å². The smallest absolute Gasteiger partial charge is 0.333 e. The van der Waals surface area contributed by atoms with Gasteiger partial charge in [0, 0.05) is 12.0 Å². The third-order valence-electron chi connectivity index (χ3n) is 10.6. The zero-order valence-electron chi connectivity index (χ0n) is 22.8. The highest BCUT2D eigenvalue weighted by atomic mass is 16.5. The van der Waals surface area contributed by atoms with Gasteiger partial charge in [-0.25, -0.2) is 4.79 Å². The predicted molar refractivity (Wildman–Crippen MR) is 142 cm³/mol. The van der Waals surface area contributed by atoms with Gasteiger partial charge in [-0.3, -0.25) is 0 Å². The van der Waals surface area contributed by atoms with Gasteiger partial charge in [0.15, 0.2) is 0 Å². The first-order valence-corrected chi connectivity index (χ1v) is 13.9. The Bertz CT molecular complexity index is 904. The molecule has 2 heteroatoms. The second-order valence-electron chi connectivity index (χ2n) is 13.0. The van der Waals surface area contributed by atoms with Gasteiger partial charge in [0.25, 0.3) is 0 Å². The Morgan fingerprint density at radius 1 is 1.03 bits per heavy atom. The number of fused-ring (bicyclic) bond motifs is 5. The summed E-state index contributed by atoms with van der Waals surface area (Å²) in [5.41, 5.74) is 4.39. The number of carbonyl (C=O) groups is 1. The fourth-order valence-corrected chi connectivity index (χ4v) is 7.93. The van der Waals surface area contributed by atoms with Crippen molar-refractivity contribution in [2.45, 2.75) is 99.5 Å². The van der Waals surface area contributed by atoms with E-state index >= 15 is 0 Å². The molecule has 4 rings (SSSR count). The first-order chi connectivity index (χ1) is 16.0. The van der Waals surface area contributed by atoms with Gasteiger partial charge in [-0.1, -0.05) is 83.6 Å². The van der Waals surface area contributed by atoms with E-state index in [1.807, 2.05) is 0 Å². The topological polar surface area (TPSA) is 26.3 Å². The van der Waals surface area contributed by atoms with Crippen molar-refractivity contribution in [3.05, 3.63) is 47.6 Å². The number of ether oxygens (including phenoxy) is 1. The lowest BCUT2D eigenvalue weighted by Crippen LogP contribution is -2.46. The van der Waals surface area contributed by atoms with Crippen LogP contribution in [0.2, 0.25) is 0 Å². The maximum atomic E-state index is 12.1. The molecule has 0 aromatic rings. The largest absolute Gasteiger partial charge is 0.459 e. The summed E-state index contributed by atoms with van der Waals surface area (Å²) in [6.45, 7) is 20.1. The Morgan fingerprint density at radius 3 is 2.44 bits per heavy atom. The summed E-state index contributed by atoms with van der Waals surface area (Å²) in [6, 6.07) is 0. The lowest BCUT2D eigenvalue weighted by molar-refractivity contribution is -0.145. The molecule has 0 saturated heterocycles. The molecule has 3 saturated carbocycles. The normalized spacial score (nSPS) is 38.9. The van der Waals surface area contributed by atoms with E-state index in [4.69, 9.17) is 4.74 Å². The van der Waals surface area contributed by atoms with Crippen molar-refractivity contribution in [1.29, 1.82) is 0 Å². The molecule has 0 N–H and O–H groups in total. The minimum absolute atomic E-state index is 0.00376. The molecule has 4 aliphatic carbocycles. The molecule has 3 fully saturated rings. The van der Waals surface area contributed by atoms with Crippen LogP contribution in [0.25, 0.3) is 0 Å². The predicted octanol–water partition coefficient (Wildman–Crippen LogP) is 8.46. The highest BCUT2D eigenvalue weighted by molar-refractivity contribution is 5.87. The summed E-state index contributed by atoms with van der Waals surface area (Å²) in [5, 5.41) is 0. The number of carbonyl (C=O) groups excluding carboxylic acids is 1. The Labute approximate surface area is 209 Å². The number of hydrogen-bond donors (Lipinski definition) is 0. The van der Waals surface area contributed by atoms with Crippen LogP contribution in [0, 0.1) is 46.3 Å². The Balaban J connectivity index is 1.52. The number of hydrogen-bond acceptors (Lipinski definition) is 2. The standard InChI is InChI=1S/C32H48O2/c1-20(2)22(5)9-10-23(6)27-13-14-28-26-12-11-24-19-25(34-30(33)21(3)4)15-17-31(24,7)29(26)16-18-32(27,28)8/h9-12,20,22-23,25,27-29H,3,13-19H2,1-2,4-8H3/b10-9+/t22-,23+,25-,27+,28-,29-,31-,32+/m0/s1.